The number of nitrogens with one attached hydrogen (secondary N) is 1. The standard InChI is InChI=1S/C22H22N2O3S/c1-2-24(19-13-7-4-8-14-19)28(26,27)21-16-10-9-15-20(21)23-22(25)17-18-11-5-3-6-12-18/h3-16H,2,17H2,1H3,(H,23,25). The lowest BCUT2D eigenvalue weighted by molar-refractivity contribution is -0.115. The molecule has 0 unspecified atom stereocenters. The van der Waals surface area contributed by atoms with Gasteiger partial charge in [0.15, 0.2) is 0 Å². The molecule has 3 aromatic rings. The van der Waals surface area contributed by atoms with Crippen LogP contribution < -0.4 is 9.62 Å². The molecule has 3 aromatic carbocycles. The Balaban J connectivity index is 1.89. The maximum atomic E-state index is 13.3. The second-order valence-electron chi connectivity index (χ2n) is 6.21. The number of benzene rings is 3. The number of hydrogen-bond acceptors (Lipinski definition) is 3. The average Bonchev–Trinajstić information content (AvgIpc) is 2.70. The van der Waals surface area contributed by atoms with E-state index in [1.165, 1.54) is 10.4 Å². The lowest BCUT2D eigenvalue weighted by Gasteiger charge is -2.24. The Labute approximate surface area is 165 Å². The van der Waals surface area contributed by atoms with E-state index < -0.39 is 10.0 Å². The third-order valence-corrected chi connectivity index (χ3v) is 6.23. The van der Waals surface area contributed by atoms with Crippen LogP contribution >= 0.6 is 0 Å². The SMILES string of the molecule is CCN(c1ccccc1)S(=O)(=O)c1ccccc1NC(=O)Cc1ccccc1. The zero-order valence-corrected chi connectivity index (χ0v) is 16.4. The van der Waals surface area contributed by atoms with Crippen molar-refractivity contribution in [2.24, 2.45) is 0 Å². The van der Waals surface area contributed by atoms with Gasteiger partial charge in [-0.25, -0.2) is 8.42 Å². The largest absolute Gasteiger partial charge is 0.325 e. The van der Waals surface area contributed by atoms with Crippen LogP contribution in [0, 0.1) is 0 Å². The van der Waals surface area contributed by atoms with Crippen molar-refractivity contribution in [1.29, 1.82) is 0 Å². The van der Waals surface area contributed by atoms with Crippen LogP contribution in [0.2, 0.25) is 0 Å². The monoisotopic (exact) mass is 394 g/mol. The van der Waals surface area contributed by atoms with Crippen LogP contribution in [-0.4, -0.2) is 20.9 Å². The molecule has 0 atom stereocenters. The summed E-state index contributed by atoms with van der Waals surface area (Å²) in [5.74, 6) is -0.267. The topological polar surface area (TPSA) is 66.5 Å². The van der Waals surface area contributed by atoms with Crippen molar-refractivity contribution < 1.29 is 13.2 Å². The van der Waals surface area contributed by atoms with Gasteiger partial charge >= 0.3 is 0 Å². The van der Waals surface area contributed by atoms with Crippen LogP contribution in [0.5, 0.6) is 0 Å². The molecule has 0 spiro atoms. The molecule has 1 amide bonds. The highest BCUT2D eigenvalue weighted by molar-refractivity contribution is 7.93. The smallest absolute Gasteiger partial charge is 0.266 e. The van der Waals surface area contributed by atoms with E-state index in [4.69, 9.17) is 0 Å². The van der Waals surface area contributed by atoms with Crippen molar-refractivity contribution in [2.75, 3.05) is 16.2 Å². The van der Waals surface area contributed by atoms with Gasteiger partial charge in [-0.1, -0.05) is 60.7 Å². The first-order valence-corrected chi connectivity index (χ1v) is 10.5. The maximum Gasteiger partial charge on any atom is 0.266 e. The number of anilines is 2. The van der Waals surface area contributed by atoms with Crippen molar-refractivity contribution in [1.82, 2.24) is 0 Å². The Hall–Kier alpha value is -3.12. The highest BCUT2D eigenvalue weighted by Gasteiger charge is 2.26. The van der Waals surface area contributed by atoms with E-state index in [9.17, 15) is 13.2 Å². The van der Waals surface area contributed by atoms with E-state index in [2.05, 4.69) is 5.32 Å². The zero-order chi connectivity index (χ0) is 20.0. The van der Waals surface area contributed by atoms with Crippen molar-refractivity contribution in [3.8, 4) is 0 Å². The Morgan fingerprint density at radius 2 is 1.43 bits per heavy atom. The summed E-state index contributed by atoms with van der Waals surface area (Å²) in [5, 5.41) is 2.75. The zero-order valence-electron chi connectivity index (χ0n) is 15.6. The fourth-order valence-electron chi connectivity index (χ4n) is 2.97. The van der Waals surface area contributed by atoms with Crippen molar-refractivity contribution in [3.05, 3.63) is 90.5 Å². The molecular weight excluding hydrogens is 372 g/mol. The minimum absolute atomic E-state index is 0.0714. The highest BCUT2D eigenvalue weighted by Crippen LogP contribution is 2.28. The summed E-state index contributed by atoms with van der Waals surface area (Å²) in [4.78, 5) is 12.5. The van der Waals surface area contributed by atoms with Gasteiger partial charge in [0.1, 0.15) is 4.90 Å². The third-order valence-electron chi connectivity index (χ3n) is 4.27. The Kier molecular flexibility index (Phi) is 6.11. The summed E-state index contributed by atoms with van der Waals surface area (Å²) >= 11 is 0. The van der Waals surface area contributed by atoms with Gasteiger partial charge in [-0.3, -0.25) is 9.10 Å². The normalized spacial score (nSPS) is 11.0. The van der Waals surface area contributed by atoms with Gasteiger partial charge in [0.05, 0.1) is 17.8 Å². The molecular formula is C22H22N2O3S. The third kappa shape index (κ3) is 4.40. The molecule has 0 aromatic heterocycles. The van der Waals surface area contributed by atoms with Crippen LogP contribution in [0.1, 0.15) is 12.5 Å². The minimum Gasteiger partial charge on any atom is -0.325 e. The van der Waals surface area contributed by atoms with Crippen LogP contribution in [-0.2, 0) is 21.2 Å². The van der Waals surface area contributed by atoms with E-state index in [1.807, 2.05) is 36.4 Å². The summed E-state index contributed by atoms with van der Waals surface area (Å²) in [6, 6.07) is 24.7. The maximum absolute atomic E-state index is 13.3. The fourth-order valence-corrected chi connectivity index (χ4v) is 4.60. The first-order valence-electron chi connectivity index (χ1n) is 9.03. The summed E-state index contributed by atoms with van der Waals surface area (Å²) in [7, 11) is -3.83. The molecule has 0 heterocycles. The number of amides is 1. The quantitative estimate of drug-likeness (QED) is 0.657. The molecule has 0 aliphatic rings. The molecule has 0 aliphatic carbocycles. The van der Waals surface area contributed by atoms with Crippen molar-refractivity contribution in [3.63, 3.8) is 0 Å². The second kappa shape index (κ2) is 8.71. The van der Waals surface area contributed by atoms with E-state index in [0.717, 1.165) is 5.56 Å². The average molecular weight is 394 g/mol. The molecule has 3 rings (SSSR count). The number of sulfonamides is 1. The predicted octanol–water partition coefficient (Wildman–Crippen LogP) is 4.08. The molecule has 0 saturated carbocycles. The Bertz CT molecular complexity index is 1040. The molecule has 0 radical (unpaired) electrons. The van der Waals surface area contributed by atoms with Gasteiger partial charge in [-0.2, -0.15) is 0 Å². The molecule has 5 nitrogen and oxygen atoms in total. The molecule has 0 fully saturated rings. The first-order chi connectivity index (χ1) is 13.5. The number of nitrogens with zero attached hydrogens (tertiary/aromatic N) is 1. The molecule has 28 heavy (non-hydrogen) atoms. The van der Waals surface area contributed by atoms with Crippen LogP contribution in [0.4, 0.5) is 11.4 Å². The van der Waals surface area contributed by atoms with Crippen LogP contribution in [0.25, 0.3) is 0 Å². The molecule has 0 saturated heterocycles. The first kappa shape index (κ1) is 19.6. The van der Waals surface area contributed by atoms with Crippen molar-refractivity contribution in [2.45, 2.75) is 18.2 Å². The van der Waals surface area contributed by atoms with E-state index in [1.54, 1.807) is 49.4 Å². The Morgan fingerprint density at radius 3 is 2.07 bits per heavy atom. The van der Waals surface area contributed by atoms with Crippen LogP contribution in [0.3, 0.4) is 0 Å². The van der Waals surface area contributed by atoms with E-state index in [0.29, 0.717) is 5.69 Å². The minimum atomic E-state index is -3.83. The van der Waals surface area contributed by atoms with Gasteiger partial charge in [-0.15, -0.1) is 0 Å². The highest BCUT2D eigenvalue weighted by atomic mass is 32.2. The summed E-state index contributed by atoms with van der Waals surface area (Å²) in [6.45, 7) is 2.06. The van der Waals surface area contributed by atoms with E-state index >= 15 is 0 Å². The number of para-hydroxylation sites is 2. The lowest BCUT2D eigenvalue weighted by Crippen LogP contribution is -2.31. The summed E-state index contributed by atoms with van der Waals surface area (Å²) < 4.78 is 27.9. The van der Waals surface area contributed by atoms with Crippen molar-refractivity contribution >= 4 is 27.3 Å². The molecule has 1 N–H and O–H groups in total. The van der Waals surface area contributed by atoms with Gasteiger partial charge in [-0.05, 0) is 36.8 Å². The number of carbonyl (C=O) groups excluding carboxylic acids is 1. The van der Waals surface area contributed by atoms with Gasteiger partial charge in [0.25, 0.3) is 10.0 Å². The van der Waals surface area contributed by atoms with Gasteiger partial charge in [0.2, 0.25) is 5.91 Å². The molecule has 0 bridgehead atoms. The number of carbonyl (C=O) groups is 1. The molecule has 6 heteroatoms. The predicted molar refractivity (Wildman–Crippen MR) is 112 cm³/mol. The van der Waals surface area contributed by atoms with Gasteiger partial charge < -0.3 is 5.32 Å². The molecule has 0 aliphatic heterocycles. The number of rotatable bonds is 7. The second-order valence-corrected chi connectivity index (χ2v) is 8.04. The number of hydrogen-bond donors (Lipinski definition) is 1. The lowest BCUT2D eigenvalue weighted by atomic mass is 10.1. The summed E-state index contributed by atoms with van der Waals surface area (Å²) in [6.07, 6.45) is 0.172. The van der Waals surface area contributed by atoms with Gasteiger partial charge in [0, 0.05) is 6.54 Å². The Morgan fingerprint density at radius 1 is 0.857 bits per heavy atom. The summed E-state index contributed by atoms with van der Waals surface area (Å²) in [5.41, 5.74) is 1.72. The van der Waals surface area contributed by atoms with E-state index in [-0.39, 0.29) is 29.5 Å². The van der Waals surface area contributed by atoms with Crippen LogP contribution in [0.15, 0.2) is 89.8 Å². The molecule has 144 valence electrons. The fraction of sp³-hybridized carbons (Fsp3) is 0.136.